The summed E-state index contributed by atoms with van der Waals surface area (Å²) in [5, 5.41) is 13.2. The number of nitrogens with one attached hydrogen (secondary N) is 1. The van der Waals surface area contributed by atoms with Crippen LogP contribution in [-0.4, -0.2) is 56.4 Å². The summed E-state index contributed by atoms with van der Waals surface area (Å²) < 4.78 is 0. The van der Waals surface area contributed by atoms with Crippen LogP contribution in [0.4, 0.5) is 11.4 Å². The summed E-state index contributed by atoms with van der Waals surface area (Å²) in [4.78, 5) is 4.29. The monoisotopic (exact) mass is 265 g/mol. The molecular weight excluding hydrogens is 238 g/mol. The first-order valence-electron chi connectivity index (χ1n) is 6.98. The van der Waals surface area contributed by atoms with Crippen LogP contribution in [0.15, 0.2) is 24.3 Å². The van der Waals surface area contributed by atoms with Gasteiger partial charge >= 0.3 is 0 Å². The molecule has 0 heterocycles. The molecule has 19 heavy (non-hydrogen) atoms. The Kier molecular flexibility index (Phi) is 6.67. The lowest BCUT2D eigenvalue weighted by Crippen LogP contribution is -2.35. The number of nitrogens with zero attached hydrogens (tertiary/aromatic N) is 2. The quantitative estimate of drug-likeness (QED) is 0.752. The fourth-order valence-corrected chi connectivity index (χ4v) is 1.96. The Labute approximate surface area is 117 Å². The Balaban J connectivity index is 2.39. The molecule has 108 valence electrons. The third-order valence-electron chi connectivity index (χ3n) is 3.29. The fraction of sp³-hybridized carbons (Fsp3) is 0.600. The van der Waals surface area contributed by atoms with E-state index in [1.54, 1.807) is 0 Å². The largest absolute Gasteiger partial charge is 0.390 e. The van der Waals surface area contributed by atoms with Crippen molar-refractivity contribution in [3.63, 3.8) is 0 Å². The highest BCUT2D eigenvalue weighted by Crippen LogP contribution is 2.15. The molecule has 0 aliphatic heterocycles. The van der Waals surface area contributed by atoms with Gasteiger partial charge in [0.25, 0.3) is 0 Å². The maximum absolute atomic E-state index is 9.97. The van der Waals surface area contributed by atoms with Crippen molar-refractivity contribution < 1.29 is 5.11 Å². The van der Waals surface area contributed by atoms with Gasteiger partial charge in [0.05, 0.1) is 6.10 Å². The van der Waals surface area contributed by atoms with Crippen LogP contribution in [0.5, 0.6) is 0 Å². The number of aliphatic hydroxyl groups is 1. The molecule has 0 spiro atoms. The van der Waals surface area contributed by atoms with E-state index >= 15 is 0 Å². The van der Waals surface area contributed by atoms with Crippen molar-refractivity contribution in [3.05, 3.63) is 24.3 Å². The summed E-state index contributed by atoms with van der Waals surface area (Å²) in [6, 6.07) is 8.22. The Morgan fingerprint density at radius 3 is 2.16 bits per heavy atom. The second-order valence-electron chi connectivity index (χ2n) is 4.96. The van der Waals surface area contributed by atoms with Crippen molar-refractivity contribution in [2.45, 2.75) is 20.0 Å². The van der Waals surface area contributed by atoms with E-state index in [4.69, 9.17) is 0 Å². The van der Waals surface area contributed by atoms with Gasteiger partial charge in [0.15, 0.2) is 0 Å². The van der Waals surface area contributed by atoms with Crippen LogP contribution in [0.2, 0.25) is 0 Å². The van der Waals surface area contributed by atoms with E-state index in [0.29, 0.717) is 6.54 Å². The summed E-state index contributed by atoms with van der Waals surface area (Å²) in [5.41, 5.74) is 2.22. The summed E-state index contributed by atoms with van der Waals surface area (Å²) in [6.45, 7) is 7.48. The van der Waals surface area contributed by atoms with Crippen LogP contribution in [0.25, 0.3) is 0 Å². The number of rotatable bonds is 8. The predicted molar refractivity (Wildman–Crippen MR) is 83.1 cm³/mol. The average Bonchev–Trinajstić information content (AvgIpc) is 2.43. The Hall–Kier alpha value is -1.26. The first-order chi connectivity index (χ1) is 9.06. The molecule has 0 aliphatic carbocycles. The van der Waals surface area contributed by atoms with Gasteiger partial charge in [-0.05, 0) is 37.4 Å². The molecule has 1 atom stereocenters. The van der Waals surface area contributed by atoms with Gasteiger partial charge in [-0.1, -0.05) is 13.8 Å². The standard InChI is InChI=1S/C15H27N3O/c1-5-18(6-2)12-15(19)11-16-13-7-9-14(10-8-13)17(3)4/h7-10,15-16,19H,5-6,11-12H2,1-4H3. The first-order valence-corrected chi connectivity index (χ1v) is 6.98. The molecule has 0 amide bonds. The fourth-order valence-electron chi connectivity index (χ4n) is 1.96. The van der Waals surface area contributed by atoms with Crippen molar-refractivity contribution in [1.82, 2.24) is 4.90 Å². The maximum atomic E-state index is 9.97. The predicted octanol–water partition coefficient (Wildman–Crippen LogP) is 1.87. The van der Waals surface area contributed by atoms with Gasteiger partial charge in [0.2, 0.25) is 0 Å². The highest BCUT2D eigenvalue weighted by molar-refractivity contribution is 5.54. The molecule has 0 aliphatic rings. The van der Waals surface area contributed by atoms with Gasteiger partial charge < -0.3 is 20.2 Å². The van der Waals surface area contributed by atoms with Crippen molar-refractivity contribution in [3.8, 4) is 0 Å². The molecule has 4 heteroatoms. The van der Waals surface area contributed by atoms with E-state index in [9.17, 15) is 5.11 Å². The minimum absolute atomic E-state index is 0.339. The lowest BCUT2D eigenvalue weighted by Gasteiger charge is -2.22. The molecule has 4 nitrogen and oxygen atoms in total. The highest BCUT2D eigenvalue weighted by atomic mass is 16.3. The molecule has 0 radical (unpaired) electrons. The molecule has 0 fully saturated rings. The summed E-state index contributed by atoms with van der Waals surface area (Å²) in [7, 11) is 4.05. The minimum atomic E-state index is -0.339. The lowest BCUT2D eigenvalue weighted by atomic mass is 10.2. The number of aliphatic hydroxyl groups excluding tert-OH is 1. The maximum Gasteiger partial charge on any atom is 0.0839 e. The molecule has 1 aromatic rings. The van der Waals surface area contributed by atoms with Gasteiger partial charge in [0.1, 0.15) is 0 Å². The lowest BCUT2D eigenvalue weighted by molar-refractivity contribution is 0.128. The normalized spacial score (nSPS) is 12.5. The van der Waals surface area contributed by atoms with Crippen LogP contribution in [-0.2, 0) is 0 Å². The van der Waals surface area contributed by atoms with E-state index in [1.807, 2.05) is 26.2 Å². The summed E-state index contributed by atoms with van der Waals surface area (Å²) in [6.07, 6.45) is -0.339. The zero-order valence-electron chi connectivity index (χ0n) is 12.6. The summed E-state index contributed by atoms with van der Waals surface area (Å²) >= 11 is 0. The first kappa shape index (κ1) is 15.8. The third kappa shape index (κ3) is 5.49. The van der Waals surface area contributed by atoms with Crippen LogP contribution >= 0.6 is 0 Å². The Bertz CT molecular complexity index is 347. The number of likely N-dealkylation sites (N-methyl/N-ethyl adjacent to an activating group) is 1. The minimum Gasteiger partial charge on any atom is -0.390 e. The Morgan fingerprint density at radius 2 is 1.68 bits per heavy atom. The molecule has 1 rings (SSSR count). The van der Waals surface area contributed by atoms with E-state index in [2.05, 4.69) is 41.1 Å². The average molecular weight is 265 g/mol. The number of benzene rings is 1. The van der Waals surface area contributed by atoms with Crippen molar-refractivity contribution in [2.24, 2.45) is 0 Å². The van der Waals surface area contributed by atoms with Gasteiger partial charge in [-0.25, -0.2) is 0 Å². The van der Waals surface area contributed by atoms with Crippen LogP contribution in [0.3, 0.4) is 0 Å². The Morgan fingerprint density at radius 1 is 1.11 bits per heavy atom. The smallest absolute Gasteiger partial charge is 0.0839 e. The summed E-state index contributed by atoms with van der Waals surface area (Å²) in [5.74, 6) is 0. The van der Waals surface area contributed by atoms with Gasteiger partial charge in [-0.2, -0.15) is 0 Å². The van der Waals surface area contributed by atoms with Crippen molar-refractivity contribution >= 4 is 11.4 Å². The van der Waals surface area contributed by atoms with Crippen LogP contribution in [0, 0.1) is 0 Å². The van der Waals surface area contributed by atoms with Crippen LogP contribution < -0.4 is 10.2 Å². The zero-order chi connectivity index (χ0) is 14.3. The molecule has 0 aromatic heterocycles. The highest BCUT2D eigenvalue weighted by Gasteiger charge is 2.08. The van der Waals surface area contributed by atoms with Crippen molar-refractivity contribution in [2.75, 3.05) is 50.5 Å². The van der Waals surface area contributed by atoms with Gasteiger partial charge in [0, 0.05) is 38.6 Å². The third-order valence-corrected chi connectivity index (χ3v) is 3.29. The van der Waals surface area contributed by atoms with E-state index in [-0.39, 0.29) is 6.10 Å². The van der Waals surface area contributed by atoms with E-state index in [1.165, 1.54) is 5.69 Å². The molecular formula is C15H27N3O. The molecule has 0 bridgehead atoms. The SMILES string of the molecule is CCN(CC)CC(O)CNc1ccc(N(C)C)cc1. The number of hydrogen-bond acceptors (Lipinski definition) is 4. The molecule has 0 saturated heterocycles. The van der Waals surface area contributed by atoms with Gasteiger partial charge in [-0.15, -0.1) is 0 Å². The molecule has 0 saturated carbocycles. The van der Waals surface area contributed by atoms with Gasteiger partial charge in [-0.3, -0.25) is 0 Å². The molecule has 1 unspecified atom stereocenters. The topological polar surface area (TPSA) is 38.7 Å². The van der Waals surface area contributed by atoms with E-state index < -0.39 is 0 Å². The second-order valence-corrected chi connectivity index (χ2v) is 4.96. The van der Waals surface area contributed by atoms with Crippen molar-refractivity contribution in [1.29, 1.82) is 0 Å². The van der Waals surface area contributed by atoms with Crippen LogP contribution in [0.1, 0.15) is 13.8 Å². The molecule has 2 N–H and O–H groups in total. The zero-order valence-corrected chi connectivity index (χ0v) is 12.6. The second kappa shape index (κ2) is 8.02. The van der Waals surface area contributed by atoms with E-state index in [0.717, 1.165) is 25.3 Å². The number of anilines is 2. The number of hydrogen-bond donors (Lipinski definition) is 2. The molecule has 1 aromatic carbocycles.